The Morgan fingerprint density at radius 2 is 2.11 bits per heavy atom. The van der Waals surface area contributed by atoms with E-state index < -0.39 is 0 Å². The number of hydrogen-bond acceptors (Lipinski definition) is 5. The van der Waals surface area contributed by atoms with Crippen LogP contribution in [0.2, 0.25) is 0 Å². The molecular formula is C21H20BrN3O2S. The molecule has 1 amide bonds. The number of halogens is 1. The number of benzene rings is 1. The molecule has 0 saturated heterocycles. The molecule has 3 heterocycles. The molecule has 1 unspecified atom stereocenters. The van der Waals surface area contributed by atoms with Gasteiger partial charge in [0.1, 0.15) is 11.5 Å². The van der Waals surface area contributed by atoms with E-state index in [4.69, 9.17) is 4.42 Å². The van der Waals surface area contributed by atoms with Crippen molar-refractivity contribution in [3.8, 4) is 0 Å². The van der Waals surface area contributed by atoms with Crippen LogP contribution < -0.4 is 0 Å². The van der Waals surface area contributed by atoms with Crippen LogP contribution in [0.5, 0.6) is 0 Å². The Hall–Kier alpha value is -2.22. The highest BCUT2D eigenvalue weighted by atomic mass is 79.9. The molecule has 1 aliphatic rings. The molecule has 5 nitrogen and oxygen atoms in total. The minimum Gasteiger partial charge on any atom is -0.463 e. The van der Waals surface area contributed by atoms with E-state index in [2.05, 4.69) is 39.2 Å². The smallest absolute Gasteiger partial charge is 0.257 e. The second-order valence-electron chi connectivity index (χ2n) is 6.80. The number of likely N-dealkylation sites (N-methyl/N-ethyl adjacent to an activating group) is 1. The molecule has 144 valence electrons. The van der Waals surface area contributed by atoms with Crippen LogP contribution in [0.15, 0.2) is 74.2 Å². The largest absolute Gasteiger partial charge is 0.463 e. The van der Waals surface area contributed by atoms with Crippen molar-refractivity contribution in [2.24, 2.45) is 5.10 Å². The van der Waals surface area contributed by atoms with Crippen LogP contribution in [0.4, 0.5) is 0 Å². The summed E-state index contributed by atoms with van der Waals surface area (Å²) in [5.41, 5.74) is 1.97. The molecule has 7 heteroatoms. The average molecular weight is 458 g/mol. The summed E-state index contributed by atoms with van der Waals surface area (Å²) < 4.78 is 6.55. The Kier molecular flexibility index (Phi) is 5.75. The molecule has 0 bridgehead atoms. The van der Waals surface area contributed by atoms with E-state index in [1.54, 1.807) is 22.6 Å². The Morgan fingerprint density at radius 3 is 2.79 bits per heavy atom. The lowest BCUT2D eigenvalue weighted by atomic mass is 10.1. The van der Waals surface area contributed by atoms with Gasteiger partial charge in [0, 0.05) is 22.3 Å². The van der Waals surface area contributed by atoms with Gasteiger partial charge in [0.05, 0.1) is 18.8 Å². The summed E-state index contributed by atoms with van der Waals surface area (Å²) in [6, 6.07) is 15.9. The summed E-state index contributed by atoms with van der Waals surface area (Å²) in [6.45, 7) is 0.998. The highest BCUT2D eigenvalue weighted by molar-refractivity contribution is 9.10. The van der Waals surface area contributed by atoms with E-state index in [1.165, 1.54) is 0 Å². The van der Waals surface area contributed by atoms with Gasteiger partial charge in [-0.2, -0.15) is 5.10 Å². The first-order chi connectivity index (χ1) is 13.6. The Morgan fingerprint density at radius 1 is 1.29 bits per heavy atom. The van der Waals surface area contributed by atoms with Crippen molar-refractivity contribution < 1.29 is 9.21 Å². The van der Waals surface area contributed by atoms with Gasteiger partial charge < -0.3 is 4.42 Å². The predicted molar refractivity (Wildman–Crippen MR) is 114 cm³/mol. The lowest BCUT2D eigenvalue weighted by Gasteiger charge is -2.24. The highest BCUT2D eigenvalue weighted by Gasteiger charge is 2.34. The van der Waals surface area contributed by atoms with Crippen LogP contribution in [0.25, 0.3) is 0 Å². The van der Waals surface area contributed by atoms with Crippen LogP contribution in [0.3, 0.4) is 0 Å². The molecule has 2 aromatic heterocycles. The van der Waals surface area contributed by atoms with Gasteiger partial charge in [-0.15, -0.1) is 11.3 Å². The van der Waals surface area contributed by atoms with E-state index in [0.717, 1.165) is 26.4 Å². The molecule has 1 aromatic carbocycles. The minimum atomic E-state index is -0.0753. The van der Waals surface area contributed by atoms with E-state index in [1.807, 2.05) is 47.7 Å². The minimum absolute atomic E-state index is 0.0143. The zero-order valence-electron chi connectivity index (χ0n) is 15.4. The van der Waals surface area contributed by atoms with Crippen LogP contribution in [0.1, 0.15) is 28.7 Å². The van der Waals surface area contributed by atoms with Gasteiger partial charge in [-0.05, 0) is 48.3 Å². The summed E-state index contributed by atoms with van der Waals surface area (Å²) in [4.78, 5) is 16.2. The van der Waals surface area contributed by atoms with Crippen molar-refractivity contribution >= 4 is 38.9 Å². The molecule has 0 radical (unpaired) electrons. The van der Waals surface area contributed by atoms with Crippen molar-refractivity contribution in [2.75, 3.05) is 13.6 Å². The number of furan rings is 1. The van der Waals surface area contributed by atoms with E-state index in [0.29, 0.717) is 19.5 Å². The normalized spacial score (nSPS) is 16.6. The molecule has 0 spiro atoms. The summed E-state index contributed by atoms with van der Waals surface area (Å²) in [6.07, 6.45) is 2.30. The van der Waals surface area contributed by atoms with Gasteiger partial charge in [-0.3, -0.25) is 9.69 Å². The van der Waals surface area contributed by atoms with Gasteiger partial charge in [0.2, 0.25) is 0 Å². The first-order valence-corrected chi connectivity index (χ1v) is 10.7. The standard InChI is InChI=1S/C21H20BrN3O2S/c1-24(13-15-6-8-16(22)9-7-15)14-21(26)25-18(20-5-3-11-28-20)12-17(23-25)19-4-2-10-27-19/h2-11,18H,12-14H2,1H3. The summed E-state index contributed by atoms with van der Waals surface area (Å²) in [5.74, 6) is 0.708. The topological polar surface area (TPSA) is 49.1 Å². The van der Waals surface area contributed by atoms with E-state index in [9.17, 15) is 4.79 Å². The molecule has 4 rings (SSSR count). The monoisotopic (exact) mass is 457 g/mol. The van der Waals surface area contributed by atoms with Crippen molar-refractivity contribution in [3.05, 3.63) is 80.8 Å². The van der Waals surface area contributed by atoms with Crippen LogP contribution in [-0.4, -0.2) is 35.1 Å². The number of carbonyl (C=O) groups is 1. The molecule has 3 aromatic rings. The van der Waals surface area contributed by atoms with Gasteiger partial charge in [0.15, 0.2) is 0 Å². The third-order valence-corrected chi connectivity index (χ3v) is 6.12. The van der Waals surface area contributed by atoms with Crippen LogP contribution in [0, 0.1) is 0 Å². The fraction of sp³-hybridized carbons (Fsp3) is 0.238. The number of nitrogens with zero attached hydrogens (tertiary/aromatic N) is 3. The number of hydrogen-bond donors (Lipinski definition) is 0. The second-order valence-corrected chi connectivity index (χ2v) is 8.69. The predicted octanol–water partition coefficient (Wildman–Crippen LogP) is 4.91. The van der Waals surface area contributed by atoms with Gasteiger partial charge in [-0.1, -0.05) is 34.1 Å². The molecule has 0 fully saturated rings. The molecule has 1 aliphatic heterocycles. The Labute approximate surface area is 176 Å². The van der Waals surface area contributed by atoms with Gasteiger partial charge >= 0.3 is 0 Å². The van der Waals surface area contributed by atoms with Gasteiger partial charge in [-0.25, -0.2) is 5.01 Å². The molecular weight excluding hydrogens is 438 g/mol. The highest BCUT2D eigenvalue weighted by Crippen LogP contribution is 2.35. The van der Waals surface area contributed by atoms with Crippen LogP contribution >= 0.6 is 27.3 Å². The average Bonchev–Trinajstić information content (AvgIpc) is 3.43. The first-order valence-electron chi connectivity index (χ1n) is 9.00. The molecule has 0 saturated carbocycles. The zero-order chi connectivity index (χ0) is 19.5. The molecule has 28 heavy (non-hydrogen) atoms. The number of carbonyl (C=O) groups excluding carboxylic acids is 1. The van der Waals surface area contributed by atoms with Crippen LogP contribution in [-0.2, 0) is 11.3 Å². The number of rotatable bonds is 6. The third-order valence-electron chi connectivity index (χ3n) is 4.61. The number of thiophene rings is 1. The fourth-order valence-electron chi connectivity index (χ4n) is 3.30. The third kappa shape index (κ3) is 4.27. The Bertz CT molecular complexity index is 952. The maximum atomic E-state index is 13.1. The Balaban J connectivity index is 1.49. The summed E-state index contributed by atoms with van der Waals surface area (Å²) >= 11 is 5.10. The summed E-state index contributed by atoms with van der Waals surface area (Å²) in [5, 5.41) is 8.28. The quantitative estimate of drug-likeness (QED) is 0.527. The van der Waals surface area contributed by atoms with Crippen molar-refractivity contribution in [1.82, 2.24) is 9.91 Å². The maximum absolute atomic E-state index is 13.1. The van der Waals surface area contributed by atoms with E-state index >= 15 is 0 Å². The fourth-order valence-corrected chi connectivity index (χ4v) is 4.37. The second kappa shape index (κ2) is 8.43. The van der Waals surface area contributed by atoms with Gasteiger partial charge in [0.25, 0.3) is 5.91 Å². The molecule has 0 aliphatic carbocycles. The summed E-state index contributed by atoms with van der Waals surface area (Å²) in [7, 11) is 1.95. The molecule has 1 atom stereocenters. The zero-order valence-corrected chi connectivity index (χ0v) is 17.8. The van der Waals surface area contributed by atoms with Crippen molar-refractivity contribution in [3.63, 3.8) is 0 Å². The maximum Gasteiger partial charge on any atom is 0.257 e. The lowest BCUT2D eigenvalue weighted by molar-refractivity contribution is -0.134. The SMILES string of the molecule is CN(CC(=O)N1N=C(c2ccco2)CC1c1cccs1)Cc1ccc(Br)cc1. The van der Waals surface area contributed by atoms with Crippen molar-refractivity contribution in [1.29, 1.82) is 0 Å². The molecule has 0 N–H and O–H groups in total. The first kappa shape index (κ1) is 19.1. The lowest BCUT2D eigenvalue weighted by Crippen LogP contribution is -2.36. The number of hydrazone groups is 1. The number of amides is 1. The van der Waals surface area contributed by atoms with E-state index in [-0.39, 0.29) is 11.9 Å². The van der Waals surface area contributed by atoms with Crippen molar-refractivity contribution in [2.45, 2.75) is 19.0 Å².